The third kappa shape index (κ3) is 4.57. The Balaban J connectivity index is 2.11. The van der Waals surface area contributed by atoms with Crippen LogP contribution >= 0.6 is 0 Å². The van der Waals surface area contributed by atoms with Crippen LogP contribution in [0.5, 0.6) is 0 Å². The van der Waals surface area contributed by atoms with Gasteiger partial charge in [-0.2, -0.15) is 0 Å². The predicted molar refractivity (Wildman–Crippen MR) is 89.4 cm³/mol. The lowest BCUT2D eigenvalue weighted by Crippen LogP contribution is -2.30. The maximum Gasteiger partial charge on any atom is 0.129 e. The van der Waals surface area contributed by atoms with Crippen LogP contribution in [0.1, 0.15) is 31.9 Å². The summed E-state index contributed by atoms with van der Waals surface area (Å²) in [5.74, 6) is 1.04. The molecule has 0 spiro atoms. The molecule has 1 aromatic carbocycles. The molecule has 112 valence electrons. The van der Waals surface area contributed by atoms with Crippen LogP contribution in [-0.2, 0) is 13.1 Å². The molecule has 0 aliphatic carbocycles. The number of benzene rings is 1. The summed E-state index contributed by atoms with van der Waals surface area (Å²) in [4.78, 5) is 6.96. The minimum atomic E-state index is 0.414. The van der Waals surface area contributed by atoms with E-state index < -0.39 is 0 Å². The van der Waals surface area contributed by atoms with Crippen molar-refractivity contribution in [3.63, 3.8) is 0 Å². The largest absolute Gasteiger partial charge is 0.350 e. The first kappa shape index (κ1) is 15.5. The molecule has 0 unspecified atom stereocenters. The maximum absolute atomic E-state index is 4.64. The second-order valence-corrected chi connectivity index (χ2v) is 5.51. The smallest absolute Gasteiger partial charge is 0.129 e. The minimum absolute atomic E-state index is 0.414. The first-order valence-electron chi connectivity index (χ1n) is 7.67. The molecular formula is C18H25N3. The molecule has 2 aromatic rings. The van der Waals surface area contributed by atoms with Gasteiger partial charge in [0.05, 0.1) is 0 Å². The summed E-state index contributed by atoms with van der Waals surface area (Å²) in [5.41, 5.74) is 2.54. The topological polar surface area (TPSA) is 28.2 Å². The zero-order valence-corrected chi connectivity index (χ0v) is 13.2. The minimum Gasteiger partial charge on any atom is -0.350 e. The molecule has 3 nitrogen and oxygen atoms in total. The Morgan fingerprint density at radius 3 is 2.38 bits per heavy atom. The molecule has 1 N–H and O–H groups in total. The zero-order chi connectivity index (χ0) is 15.1. The van der Waals surface area contributed by atoms with Crippen molar-refractivity contribution in [2.45, 2.75) is 39.9 Å². The molecule has 0 saturated carbocycles. The monoisotopic (exact) mass is 283 g/mol. The standard InChI is InChI=1S/C18H25N3/c1-4-19-12-17-10-11-18(20-13-17)21(15(2)3)14-16-8-6-5-7-9-16/h5-11,13,15,19H,4,12,14H2,1-3H3. The zero-order valence-electron chi connectivity index (χ0n) is 13.2. The molecule has 0 saturated heterocycles. The van der Waals surface area contributed by atoms with Gasteiger partial charge in [0.2, 0.25) is 0 Å². The highest BCUT2D eigenvalue weighted by Crippen LogP contribution is 2.18. The summed E-state index contributed by atoms with van der Waals surface area (Å²) in [6.45, 7) is 9.27. The molecule has 0 aliphatic rings. The van der Waals surface area contributed by atoms with Crippen LogP contribution in [0.25, 0.3) is 0 Å². The van der Waals surface area contributed by atoms with E-state index in [1.54, 1.807) is 0 Å². The van der Waals surface area contributed by atoms with Crippen molar-refractivity contribution in [1.82, 2.24) is 10.3 Å². The fourth-order valence-electron chi connectivity index (χ4n) is 2.27. The van der Waals surface area contributed by atoms with Crippen molar-refractivity contribution < 1.29 is 0 Å². The van der Waals surface area contributed by atoms with E-state index in [2.05, 4.69) is 78.4 Å². The molecule has 3 heteroatoms. The molecule has 2 rings (SSSR count). The number of aromatic nitrogens is 1. The highest BCUT2D eigenvalue weighted by molar-refractivity contribution is 5.41. The van der Waals surface area contributed by atoms with Crippen LogP contribution < -0.4 is 10.2 Å². The summed E-state index contributed by atoms with van der Waals surface area (Å²) >= 11 is 0. The lowest BCUT2D eigenvalue weighted by atomic mass is 10.2. The number of rotatable bonds is 7. The van der Waals surface area contributed by atoms with Crippen LogP contribution in [-0.4, -0.2) is 17.6 Å². The van der Waals surface area contributed by atoms with E-state index in [1.807, 2.05) is 6.20 Å². The second-order valence-electron chi connectivity index (χ2n) is 5.51. The van der Waals surface area contributed by atoms with E-state index in [4.69, 9.17) is 0 Å². The average molecular weight is 283 g/mol. The van der Waals surface area contributed by atoms with Crippen molar-refractivity contribution in [3.05, 3.63) is 59.8 Å². The van der Waals surface area contributed by atoms with Gasteiger partial charge in [-0.05, 0) is 37.6 Å². The molecule has 21 heavy (non-hydrogen) atoms. The predicted octanol–water partition coefficient (Wildman–Crippen LogP) is 3.61. The third-order valence-corrected chi connectivity index (χ3v) is 3.50. The molecular weight excluding hydrogens is 258 g/mol. The van der Waals surface area contributed by atoms with E-state index in [9.17, 15) is 0 Å². The Labute approximate surface area is 128 Å². The number of hydrogen-bond donors (Lipinski definition) is 1. The lowest BCUT2D eigenvalue weighted by molar-refractivity contribution is 0.670. The van der Waals surface area contributed by atoms with Gasteiger partial charge in [0.1, 0.15) is 5.82 Å². The van der Waals surface area contributed by atoms with Gasteiger partial charge >= 0.3 is 0 Å². The van der Waals surface area contributed by atoms with Gasteiger partial charge in [0, 0.05) is 25.3 Å². The Morgan fingerprint density at radius 1 is 1.05 bits per heavy atom. The molecule has 1 heterocycles. The molecule has 0 fully saturated rings. The summed E-state index contributed by atoms with van der Waals surface area (Å²) in [6, 6.07) is 15.2. The summed E-state index contributed by atoms with van der Waals surface area (Å²) in [6.07, 6.45) is 1.97. The number of anilines is 1. The van der Waals surface area contributed by atoms with Crippen molar-refractivity contribution in [2.75, 3.05) is 11.4 Å². The van der Waals surface area contributed by atoms with E-state index >= 15 is 0 Å². The Hall–Kier alpha value is -1.87. The maximum atomic E-state index is 4.64. The van der Waals surface area contributed by atoms with Gasteiger partial charge in [-0.15, -0.1) is 0 Å². The van der Waals surface area contributed by atoms with Gasteiger partial charge in [-0.25, -0.2) is 4.98 Å². The van der Waals surface area contributed by atoms with Crippen LogP contribution in [0.15, 0.2) is 48.7 Å². The van der Waals surface area contributed by atoms with Crippen molar-refractivity contribution >= 4 is 5.82 Å². The first-order valence-corrected chi connectivity index (χ1v) is 7.67. The molecule has 0 bridgehead atoms. The fourth-order valence-corrected chi connectivity index (χ4v) is 2.27. The number of pyridine rings is 1. The lowest BCUT2D eigenvalue weighted by Gasteiger charge is -2.28. The van der Waals surface area contributed by atoms with Gasteiger partial charge in [0.15, 0.2) is 0 Å². The third-order valence-electron chi connectivity index (χ3n) is 3.50. The molecule has 0 aliphatic heterocycles. The SMILES string of the molecule is CCNCc1ccc(N(Cc2ccccc2)C(C)C)nc1. The Morgan fingerprint density at radius 2 is 1.81 bits per heavy atom. The second kappa shape index (κ2) is 7.79. The molecule has 1 aromatic heterocycles. The van der Waals surface area contributed by atoms with Gasteiger partial charge in [-0.1, -0.05) is 43.3 Å². The van der Waals surface area contributed by atoms with Crippen LogP contribution in [0, 0.1) is 0 Å². The van der Waals surface area contributed by atoms with Crippen LogP contribution in [0.4, 0.5) is 5.82 Å². The number of hydrogen-bond acceptors (Lipinski definition) is 3. The molecule has 0 amide bonds. The summed E-state index contributed by atoms with van der Waals surface area (Å²) < 4.78 is 0. The molecule has 0 atom stereocenters. The molecule has 0 radical (unpaired) electrons. The quantitative estimate of drug-likeness (QED) is 0.841. The van der Waals surface area contributed by atoms with Crippen molar-refractivity contribution in [1.29, 1.82) is 0 Å². The number of nitrogens with zero attached hydrogens (tertiary/aromatic N) is 2. The summed E-state index contributed by atoms with van der Waals surface area (Å²) in [5, 5.41) is 3.32. The highest BCUT2D eigenvalue weighted by Gasteiger charge is 2.12. The van der Waals surface area contributed by atoms with Crippen LogP contribution in [0.2, 0.25) is 0 Å². The van der Waals surface area contributed by atoms with Crippen molar-refractivity contribution in [3.8, 4) is 0 Å². The van der Waals surface area contributed by atoms with E-state index in [0.717, 1.165) is 25.5 Å². The average Bonchev–Trinajstić information content (AvgIpc) is 2.52. The van der Waals surface area contributed by atoms with Gasteiger partial charge in [0.25, 0.3) is 0 Å². The highest BCUT2D eigenvalue weighted by atomic mass is 15.2. The van der Waals surface area contributed by atoms with E-state index in [0.29, 0.717) is 6.04 Å². The Kier molecular flexibility index (Phi) is 5.76. The van der Waals surface area contributed by atoms with Crippen LogP contribution in [0.3, 0.4) is 0 Å². The van der Waals surface area contributed by atoms with Gasteiger partial charge < -0.3 is 10.2 Å². The number of nitrogens with one attached hydrogen (secondary N) is 1. The Bertz CT molecular complexity index is 520. The fraction of sp³-hybridized carbons (Fsp3) is 0.389. The summed E-state index contributed by atoms with van der Waals surface area (Å²) in [7, 11) is 0. The van der Waals surface area contributed by atoms with Crippen molar-refractivity contribution in [2.24, 2.45) is 0 Å². The van der Waals surface area contributed by atoms with E-state index in [-0.39, 0.29) is 0 Å². The van der Waals surface area contributed by atoms with Gasteiger partial charge in [-0.3, -0.25) is 0 Å². The van der Waals surface area contributed by atoms with E-state index in [1.165, 1.54) is 11.1 Å². The first-order chi connectivity index (χ1) is 10.2. The normalized spacial score (nSPS) is 10.9.